The number of hydrogen-bond acceptors (Lipinski definition) is 4. The Labute approximate surface area is 122 Å². The van der Waals surface area contributed by atoms with Crippen molar-refractivity contribution in [2.24, 2.45) is 0 Å². The molecule has 2 rings (SSSR count). The number of methoxy groups -OCH3 is 1. The van der Waals surface area contributed by atoms with Gasteiger partial charge in [0.1, 0.15) is 23.7 Å². The zero-order valence-corrected chi connectivity index (χ0v) is 11.4. The van der Waals surface area contributed by atoms with Gasteiger partial charge in [0.2, 0.25) is 0 Å². The van der Waals surface area contributed by atoms with Crippen molar-refractivity contribution in [3.05, 3.63) is 58.9 Å². The van der Waals surface area contributed by atoms with Gasteiger partial charge >= 0.3 is 0 Å². The Morgan fingerprint density at radius 1 is 1.10 bits per heavy atom. The monoisotopic (exact) mass is 281 g/mol. The van der Waals surface area contributed by atoms with Gasteiger partial charge in [0, 0.05) is 6.54 Å². The summed E-state index contributed by atoms with van der Waals surface area (Å²) in [7, 11) is 1.51. The summed E-state index contributed by atoms with van der Waals surface area (Å²) in [5.74, 6) is 0.0639. The maximum absolute atomic E-state index is 13.1. The Hall–Kier alpha value is -3.05. The molecule has 0 radical (unpaired) electrons. The van der Waals surface area contributed by atoms with Crippen LogP contribution in [0, 0.1) is 28.5 Å². The van der Waals surface area contributed by atoms with Crippen LogP contribution in [-0.4, -0.2) is 7.11 Å². The standard InChI is InChI=1S/C16H12FN3O/c1-21-16-5-2-11(6-13(16)9-19)10-20-15-4-3-14(17)7-12(15)8-18/h2-7,20H,10H2,1H3. The second kappa shape index (κ2) is 6.40. The van der Waals surface area contributed by atoms with E-state index >= 15 is 0 Å². The lowest BCUT2D eigenvalue weighted by Crippen LogP contribution is -2.02. The highest BCUT2D eigenvalue weighted by atomic mass is 19.1. The van der Waals surface area contributed by atoms with Gasteiger partial charge in [-0.15, -0.1) is 0 Å². The fourth-order valence-corrected chi connectivity index (χ4v) is 1.91. The van der Waals surface area contributed by atoms with E-state index in [1.165, 1.54) is 25.3 Å². The van der Waals surface area contributed by atoms with Crippen molar-refractivity contribution in [3.63, 3.8) is 0 Å². The third-order valence-corrected chi connectivity index (χ3v) is 2.97. The number of ether oxygens (including phenoxy) is 1. The molecule has 0 atom stereocenters. The summed E-state index contributed by atoms with van der Waals surface area (Å²) in [4.78, 5) is 0. The minimum Gasteiger partial charge on any atom is -0.495 e. The van der Waals surface area contributed by atoms with E-state index in [1.807, 2.05) is 12.1 Å². The summed E-state index contributed by atoms with van der Waals surface area (Å²) in [6, 6.07) is 13.2. The molecule has 0 aliphatic carbocycles. The molecule has 0 heterocycles. The van der Waals surface area contributed by atoms with Crippen molar-refractivity contribution < 1.29 is 9.13 Å². The number of nitrogens with one attached hydrogen (secondary N) is 1. The molecule has 104 valence electrons. The maximum Gasteiger partial charge on any atom is 0.136 e. The van der Waals surface area contributed by atoms with Crippen LogP contribution in [0.1, 0.15) is 16.7 Å². The predicted molar refractivity (Wildman–Crippen MR) is 76.2 cm³/mol. The highest BCUT2D eigenvalue weighted by Crippen LogP contribution is 2.21. The lowest BCUT2D eigenvalue weighted by Gasteiger charge is -2.10. The van der Waals surface area contributed by atoms with E-state index in [0.717, 1.165) is 5.56 Å². The topological polar surface area (TPSA) is 68.8 Å². The third-order valence-electron chi connectivity index (χ3n) is 2.97. The predicted octanol–water partition coefficient (Wildman–Crippen LogP) is 3.19. The average Bonchev–Trinajstić information content (AvgIpc) is 2.53. The fraction of sp³-hybridized carbons (Fsp3) is 0.125. The Bertz CT molecular complexity index is 744. The van der Waals surface area contributed by atoms with Gasteiger partial charge in [0.15, 0.2) is 0 Å². The SMILES string of the molecule is COc1ccc(CNc2ccc(F)cc2C#N)cc1C#N. The first-order chi connectivity index (χ1) is 10.2. The van der Waals surface area contributed by atoms with Gasteiger partial charge in [-0.3, -0.25) is 0 Å². The quantitative estimate of drug-likeness (QED) is 0.934. The van der Waals surface area contributed by atoms with E-state index in [4.69, 9.17) is 15.3 Å². The minimum atomic E-state index is -0.451. The average molecular weight is 281 g/mol. The molecule has 4 nitrogen and oxygen atoms in total. The van der Waals surface area contributed by atoms with E-state index in [-0.39, 0.29) is 5.56 Å². The van der Waals surface area contributed by atoms with Gasteiger partial charge in [0.05, 0.1) is 23.9 Å². The fourth-order valence-electron chi connectivity index (χ4n) is 1.91. The van der Waals surface area contributed by atoms with E-state index in [2.05, 4.69) is 11.4 Å². The molecule has 0 saturated carbocycles. The molecule has 0 saturated heterocycles. The number of rotatable bonds is 4. The smallest absolute Gasteiger partial charge is 0.136 e. The molecule has 0 amide bonds. The lowest BCUT2D eigenvalue weighted by molar-refractivity contribution is 0.413. The van der Waals surface area contributed by atoms with Crippen molar-refractivity contribution >= 4 is 5.69 Å². The van der Waals surface area contributed by atoms with Crippen LogP contribution < -0.4 is 10.1 Å². The van der Waals surface area contributed by atoms with Gasteiger partial charge in [0.25, 0.3) is 0 Å². The van der Waals surface area contributed by atoms with Crippen molar-refractivity contribution in [1.82, 2.24) is 0 Å². The van der Waals surface area contributed by atoms with Gasteiger partial charge in [-0.1, -0.05) is 6.07 Å². The summed E-state index contributed by atoms with van der Waals surface area (Å²) in [6.07, 6.45) is 0. The summed E-state index contributed by atoms with van der Waals surface area (Å²) in [6.45, 7) is 0.416. The van der Waals surface area contributed by atoms with Gasteiger partial charge in [-0.05, 0) is 35.9 Å². The molecule has 2 aromatic rings. The summed E-state index contributed by atoms with van der Waals surface area (Å²) >= 11 is 0. The second-order valence-corrected chi connectivity index (χ2v) is 4.30. The Morgan fingerprint density at radius 2 is 1.86 bits per heavy atom. The normalized spacial score (nSPS) is 9.52. The first-order valence-electron chi connectivity index (χ1n) is 6.18. The molecule has 0 aliphatic rings. The number of anilines is 1. The number of halogens is 1. The summed E-state index contributed by atoms with van der Waals surface area (Å²) < 4.78 is 18.1. The van der Waals surface area contributed by atoms with Crippen LogP contribution >= 0.6 is 0 Å². The Kier molecular flexibility index (Phi) is 4.38. The largest absolute Gasteiger partial charge is 0.495 e. The summed E-state index contributed by atoms with van der Waals surface area (Å²) in [5.41, 5.74) is 2.09. The molecule has 0 aliphatic heterocycles. The van der Waals surface area contributed by atoms with Crippen LogP contribution in [0.5, 0.6) is 5.75 Å². The van der Waals surface area contributed by atoms with Crippen LogP contribution in [-0.2, 0) is 6.54 Å². The molecule has 21 heavy (non-hydrogen) atoms. The first-order valence-corrected chi connectivity index (χ1v) is 6.18. The van der Waals surface area contributed by atoms with Crippen molar-refractivity contribution in [3.8, 4) is 17.9 Å². The van der Waals surface area contributed by atoms with Crippen LogP contribution in [0.3, 0.4) is 0 Å². The zero-order chi connectivity index (χ0) is 15.2. The minimum absolute atomic E-state index is 0.240. The van der Waals surface area contributed by atoms with Crippen molar-refractivity contribution in [2.75, 3.05) is 12.4 Å². The number of nitriles is 2. The molecular weight excluding hydrogens is 269 g/mol. The Morgan fingerprint density at radius 3 is 2.52 bits per heavy atom. The van der Waals surface area contributed by atoms with Crippen LogP contribution in [0.25, 0.3) is 0 Å². The number of benzene rings is 2. The molecule has 2 aromatic carbocycles. The molecule has 0 fully saturated rings. The number of hydrogen-bond donors (Lipinski definition) is 1. The highest BCUT2D eigenvalue weighted by molar-refractivity contribution is 5.58. The third kappa shape index (κ3) is 3.29. The van der Waals surface area contributed by atoms with Crippen molar-refractivity contribution in [1.29, 1.82) is 10.5 Å². The molecule has 5 heteroatoms. The van der Waals surface area contributed by atoms with E-state index in [1.54, 1.807) is 12.1 Å². The van der Waals surface area contributed by atoms with Crippen LogP contribution in [0.15, 0.2) is 36.4 Å². The van der Waals surface area contributed by atoms with E-state index in [9.17, 15) is 4.39 Å². The van der Waals surface area contributed by atoms with Crippen LogP contribution in [0.2, 0.25) is 0 Å². The molecule has 0 bridgehead atoms. The van der Waals surface area contributed by atoms with E-state index < -0.39 is 5.82 Å². The van der Waals surface area contributed by atoms with Crippen LogP contribution in [0.4, 0.5) is 10.1 Å². The lowest BCUT2D eigenvalue weighted by atomic mass is 10.1. The highest BCUT2D eigenvalue weighted by Gasteiger charge is 2.06. The van der Waals surface area contributed by atoms with Gasteiger partial charge < -0.3 is 10.1 Å². The zero-order valence-electron chi connectivity index (χ0n) is 11.4. The molecule has 0 spiro atoms. The second-order valence-electron chi connectivity index (χ2n) is 4.30. The number of nitrogens with zero attached hydrogens (tertiary/aromatic N) is 2. The summed E-state index contributed by atoms with van der Waals surface area (Å²) in [5, 5.41) is 21.1. The van der Waals surface area contributed by atoms with E-state index in [0.29, 0.717) is 23.5 Å². The maximum atomic E-state index is 13.1. The molecular formula is C16H12FN3O. The van der Waals surface area contributed by atoms with Gasteiger partial charge in [-0.2, -0.15) is 10.5 Å². The van der Waals surface area contributed by atoms with Crippen molar-refractivity contribution in [2.45, 2.75) is 6.54 Å². The first kappa shape index (κ1) is 14.4. The molecule has 0 aromatic heterocycles. The molecule has 0 unspecified atom stereocenters. The Balaban J connectivity index is 2.18. The molecule has 1 N–H and O–H groups in total. The van der Waals surface area contributed by atoms with Gasteiger partial charge in [-0.25, -0.2) is 4.39 Å².